The second kappa shape index (κ2) is 8.60. The Balaban J connectivity index is 5.34. The summed E-state index contributed by atoms with van der Waals surface area (Å²) in [5.74, 6) is 0.141. The van der Waals surface area contributed by atoms with Crippen LogP contribution in [-0.2, 0) is 14.3 Å². The maximum atomic E-state index is 13.3. The number of carbonyl (C=O) groups excluding carboxylic acids is 2. The number of Topliss-reactive ketones (excluding diaryl/α,β-unsaturated/α-hetero) is 2. The number of carbonyl (C=O) groups is 2. The van der Waals surface area contributed by atoms with Crippen LogP contribution in [0.2, 0.25) is 0 Å². The van der Waals surface area contributed by atoms with Gasteiger partial charge in [-0.3, -0.25) is 9.59 Å². The molecule has 0 amide bonds. The second-order valence-corrected chi connectivity index (χ2v) is 8.96. The van der Waals surface area contributed by atoms with E-state index in [4.69, 9.17) is 4.74 Å². The molecule has 0 rings (SSSR count). The molecule has 0 aliphatic heterocycles. The molecule has 0 aromatic heterocycles. The lowest BCUT2D eigenvalue weighted by Crippen LogP contribution is -2.50. The van der Waals surface area contributed by atoms with Gasteiger partial charge in [0.25, 0.3) is 0 Å². The van der Waals surface area contributed by atoms with Gasteiger partial charge in [0.05, 0.1) is 0 Å². The van der Waals surface area contributed by atoms with E-state index in [0.717, 1.165) is 19.3 Å². The largest absolute Gasteiger partial charge is 0.357 e. The number of rotatable bonds is 11. The fourth-order valence-corrected chi connectivity index (χ4v) is 3.46. The van der Waals surface area contributed by atoms with E-state index >= 15 is 0 Å². The Hall–Kier alpha value is -0.700. The van der Waals surface area contributed by atoms with Crippen molar-refractivity contribution in [3.63, 3.8) is 0 Å². The highest BCUT2D eigenvalue weighted by atomic mass is 16.5. The molecule has 0 aromatic carbocycles. The highest BCUT2D eigenvalue weighted by molar-refractivity contribution is 5.92. The highest BCUT2D eigenvalue weighted by Crippen LogP contribution is 2.40. The SMILES string of the molecule is CCC(C)C(=O)C(C)OC(C)(CC)C(=O)C(C)(C)CC(C)(C)CC. The molecule has 142 valence electrons. The third kappa shape index (κ3) is 5.98. The van der Waals surface area contributed by atoms with Gasteiger partial charge < -0.3 is 4.74 Å². The van der Waals surface area contributed by atoms with E-state index < -0.39 is 17.1 Å². The summed E-state index contributed by atoms with van der Waals surface area (Å²) in [6.45, 7) is 20.0. The summed E-state index contributed by atoms with van der Waals surface area (Å²) in [5.41, 5.74) is -1.30. The molecule has 0 bridgehead atoms. The van der Waals surface area contributed by atoms with Crippen molar-refractivity contribution in [2.24, 2.45) is 16.7 Å². The lowest BCUT2D eigenvalue weighted by molar-refractivity contribution is -0.166. The van der Waals surface area contributed by atoms with Crippen LogP contribution in [0.25, 0.3) is 0 Å². The Labute approximate surface area is 149 Å². The molecular weight excluding hydrogens is 300 g/mol. The summed E-state index contributed by atoms with van der Waals surface area (Å²) >= 11 is 0. The third-order valence-electron chi connectivity index (χ3n) is 5.58. The smallest absolute Gasteiger partial charge is 0.169 e. The maximum absolute atomic E-state index is 13.3. The fraction of sp³-hybridized carbons (Fsp3) is 0.905. The number of ketones is 2. The van der Waals surface area contributed by atoms with Crippen LogP contribution in [0.3, 0.4) is 0 Å². The van der Waals surface area contributed by atoms with Gasteiger partial charge in [0.2, 0.25) is 0 Å². The van der Waals surface area contributed by atoms with Crippen molar-refractivity contribution < 1.29 is 14.3 Å². The second-order valence-electron chi connectivity index (χ2n) is 8.96. The van der Waals surface area contributed by atoms with Gasteiger partial charge in [-0.2, -0.15) is 0 Å². The van der Waals surface area contributed by atoms with Gasteiger partial charge in [-0.05, 0) is 38.5 Å². The minimum absolute atomic E-state index is 0.0387. The predicted octanol–water partition coefficient (Wildman–Crippen LogP) is 5.60. The lowest BCUT2D eigenvalue weighted by Gasteiger charge is -2.40. The van der Waals surface area contributed by atoms with Gasteiger partial charge in [-0.1, -0.05) is 61.8 Å². The summed E-state index contributed by atoms with van der Waals surface area (Å²) in [6, 6.07) is 0. The Bertz CT molecular complexity index is 436. The van der Waals surface area contributed by atoms with Crippen LogP contribution in [0.4, 0.5) is 0 Å². The molecule has 3 heteroatoms. The Morgan fingerprint density at radius 1 is 0.917 bits per heavy atom. The van der Waals surface area contributed by atoms with Gasteiger partial charge in [0.15, 0.2) is 11.6 Å². The molecule has 0 saturated heterocycles. The van der Waals surface area contributed by atoms with E-state index in [2.05, 4.69) is 20.8 Å². The summed E-state index contributed by atoms with van der Waals surface area (Å²) in [5, 5.41) is 0. The first-order valence-electron chi connectivity index (χ1n) is 9.52. The van der Waals surface area contributed by atoms with Crippen molar-refractivity contribution in [1.29, 1.82) is 0 Å². The topological polar surface area (TPSA) is 43.4 Å². The average molecular weight is 341 g/mol. The molecule has 0 fully saturated rings. The van der Waals surface area contributed by atoms with Crippen molar-refractivity contribution in [3.05, 3.63) is 0 Å². The number of hydrogen-bond acceptors (Lipinski definition) is 3. The molecule has 3 nitrogen and oxygen atoms in total. The minimum atomic E-state index is -0.921. The normalized spacial score (nSPS) is 17.9. The molecule has 24 heavy (non-hydrogen) atoms. The van der Waals surface area contributed by atoms with E-state index in [1.165, 1.54) is 0 Å². The number of ether oxygens (including phenoxy) is 1. The van der Waals surface area contributed by atoms with E-state index in [9.17, 15) is 9.59 Å². The van der Waals surface area contributed by atoms with Crippen molar-refractivity contribution in [3.8, 4) is 0 Å². The summed E-state index contributed by atoms with van der Waals surface area (Å²) in [7, 11) is 0. The molecule has 0 saturated carbocycles. The molecule has 0 spiro atoms. The molecule has 0 heterocycles. The zero-order valence-corrected chi connectivity index (χ0v) is 17.7. The predicted molar refractivity (Wildman–Crippen MR) is 101 cm³/mol. The van der Waals surface area contributed by atoms with Crippen LogP contribution in [-0.4, -0.2) is 23.3 Å². The fourth-order valence-electron chi connectivity index (χ4n) is 3.46. The van der Waals surface area contributed by atoms with Crippen LogP contribution < -0.4 is 0 Å². The van der Waals surface area contributed by atoms with Gasteiger partial charge in [-0.25, -0.2) is 0 Å². The Kier molecular flexibility index (Phi) is 8.35. The average Bonchev–Trinajstić information content (AvgIpc) is 2.51. The first-order valence-corrected chi connectivity index (χ1v) is 9.52. The van der Waals surface area contributed by atoms with Crippen molar-refractivity contribution in [1.82, 2.24) is 0 Å². The monoisotopic (exact) mass is 340 g/mol. The van der Waals surface area contributed by atoms with Crippen molar-refractivity contribution in [2.75, 3.05) is 0 Å². The van der Waals surface area contributed by atoms with Gasteiger partial charge in [0.1, 0.15) is 11.7 Å². The van der Waals surface area contributed by atoms with Crippen LogP contribution in [0.1, 0.15) is 94.9 Å². The molecule has 0 N–H and O–H groups in total. The minimum Gasteiger partial charge on any atom is -0.357 e. The molecule has 0 aliphatic carbocycles. The first-order chi connectivity index (χ1) is 10.8. The molecule has 0 aromatic rings. The van der Waals surface area contributed by atoms with Crippen LogP contribution in [0, 0.1) is 16.7 Å². The lowest BCUT2D eigenvalue weighted by atomic mass is 9.68. The summed E-state index contributed by atoms with van der Waals surface area (Å²) in [6.07, 6.45) is 2.64. The molecule has 0 aliphatic rings. The first kappa shape index (κ1) is 23.3. The molecule has 3 unspecified atom stereocenters. The van der Waals surface area contributed by atoms with Crippen LogP contribution in [0.15, 0.2) is 0 Å². The van der Waals surface area contributed by atoms with E-state index in [1.54, 1.807) is 6.92 Å². The van der Waals surface area contributed by atoms with Gasteiger partial charge in [-0.15, -0.1) is 0 Å². The Morgan fingerprint density at radius 2 is 1.42 bits per heavy atom. The van der Waals surface area contributed by atoms with Crippen LogP contribution >= 0.6 is 0 Å². The molecular formula is C21H40O3. The van der Waals surface area contributed by atoms with Crippen LogP contribution in [0.5, 0.6) is 0 Å². The molecule has 3 atom stereocenters. The molecule has 0 radical (unpaired) electrons. The maximum Gasteiger partial charge on any atom is 0.169 e. The highest BCUT2D eigenvalue weighted by Gasteiger charge is 2.45. The van der Waals surface area contributed by atoms with E-state index in [-0.39, 0.29) is 22.9 Å². The standard InChI is InChI=1S/C21H40O3/c1-11-15(4)17(22)16(5)24-21(10,13-3)18(23)20(8,9)14-19(6,7)12-2/h15-16H,11-14H2,1-10H3. The van der Waals surface area contributed by atoms with E-state index in [0.29, 0.717) is 6.42 Å². The summed E-state index contributed by atoms with van der Waals surface area (Å²) < 4.78 is 6.07. The Morgan fingerprint density at radius 3 is 1.79 bits per heavy atom. The van der Waals surface area contributed by atoms with E-state index in [1.807, 2.05) is 41.5 Å². The zero-order valence-electron chi connectivity index (χ0n) is 17.7. The van der Waals surface area contributed by atoms with Gasteiger partial charge >= 0.3 is 0 Å². The quantitative estimate of drug-likeness (QED) is 0.492. The van der Waals surface area contributed by atoms with Crippen molar-refractivity contribution in [2.45, 2.75) is 107 Å². The number of hydrogen-bond donors (Lipinski definition) is 0. The zero-order chi connectivity index (χ0) is 19.3. The van der Waals surface area contributed by atoms with Crippen molar-refractivity contribution >= 4 is 11.6 Å². The van der Waals surface area contributed by atoms with Gasteiger partial charge in [0, 0.05) is 11.3 Å². The summed E-state index contributed by atoms with van der Waals surface area (Å²) in [4.78, 5) is 25.7. The third-order valence-corrected chi connectivity index (χ3v) is 5.58.